The Morgan fingerprint density at radius 2 is 1.72 bits per heavy atom. The lowest BCUT2D eigenvalue weighted by Gasteiger charge is -2.16. The molecule has 1 atom stereocenters. The Balaban J connectivity index is 2.20. The predicted octanol–water partition coefficient (Wildman–Crippen LogP) is 3.47. The number of alkyl halides is 1. The largest absolute Gasteiger partial charge is 0.423 e. The van der Waals surface area contributed by atoms with Gasteiger partial charge < -0.3 is 4.74 Å². The van der Waals surface area contributed by atoms with E-state index in [4.69, 9.17) is 16.3 Å². The van der Waals surface area contributed by atoms with E-state index in [1.54, 1.807) is 36.4 Å². The highest BCUT2D eigenvalue weighted by Gasteiger charge is 2.51. The average molecular weight is 263 g/mol. The Kier molecular flexibility index (Phi) is 2.38. The molecule has 0 saturated carbocycles. The van der Waals surface area contributed by atoms with Gasteiger partial charge in [-0.2, -0.15) is 0 Å². The molecule has 2 nitrogen and oxygen atoms in total. The van der Waals surface area contributed by atoms with E-state index in [0.717, 1.165) is 0 Å². The molecule has 4 heteroatoms. The minimum absolute atomic E-state index is 0.224. The second-order valence-corrected chi connectivity index (χ2v) is 4.49. The van der Waals surface area contributed by atoms with E-state index in [2.05, 4.69) is 0 Å². The Morgan fingerprint density at radius 3 is 2.44 bits per heavy atom. The normalized spacial score (nSPS) is 21.6. The summed E-state index contributed by atoms with van der Waals surface area (Å²) in [6, 6.07) is 12.6. The van der Waals surface area contributed by atoms with Crippen LogP contribution < -0.4 is 4.74 Å². The highest BCUT2D eigenvalue weighted by Crippen LogP contribution is 2.45. The van der Waals surface area contributed by atoms with Gasteiger partial charge in [-0.05, 0) is 18.2 Å². The summed E-state index contributed by atoms with van der Waals surface area (Å²) in [5.41, 5.74) is -1.79. The third-order valence-electron chi connectivity index (χ3n) is 2.98. The molecule has 90 valence electrons. The van der Waals surface area contributed by atoms with Crippen molar-refractivity contribution in [1.82, 2.24) is 0 Å². The molecule has 3 rings (SSSR count). The molecule has 2 aromatic carbocycles. The molecular weight excluding hydrogens is 255 g/mol. The predicted molar refractivity (Wildman–Crippen MR) is 65.4 cm³/mol. The van der Waals surface area contributed by atoms with Gasteiger partial charge in [-0.15, -0.1) is 0 Å². The molecular formula is C14H8ClFO2. The Hall–Kier alpha value is -1.87. The van der Waals surface area contributed by atoms with E-state index in [9.17, 15) is 4.79 Å². The number of carbonyl (C=O) groups is 1. The molecule has 1 aliphatic heterocycles. The molecule has 18 heavy (non-hydrogen) atoms. The standard InChI is InChI=1S/C14H8ClFO2/c15-10-7-5-9(6-8-10)14(16)11-3-1-2-4-12(11)18-13(14)17/h1-8H. The molecule has 0 N–H and O–H groups in total. The van der Waals surface area contributed by atoms with Crippen LogP contribution in [-0.4, -0.2) is 5.97 Å². The first-order chi connectivity index (χ1) is 8.62. The summed E-state index contributed by atoms with van der Waals surface area (Å²) in [4.78, 5) is 11.8. The molecule has 0 aromatic heterocycles. The summed E-state index contributed by atoms with van der Waals surface area (Å²) < 4.78 is 20.0. The summed E-state index contributed by atoms with van der Waals surface area (Å²) in [7, 11) is 0. The zero-order valence-corrected chi connectivity index (χ0v) is 9.95. The van der Waals surface area contributed by atoms with Gasteiger partial charge in [-0.25, -0.2) is 9.18 Å². The number of halogens is 2. The minimum atomic E-state index is -2.25. The van der Waals surface area contributed by atoms with Gasteiger partial charge in [-0.3, -0.25) is 0 Å². The molecule has 0 fully saturated rings. The van der Waals surface area contributed by atoms with Gasteiger partial charge in [0.1, 0.15) is 5.75 Å². The van der Waals surface area contributed by atoms with Crippen molar-refractivity contribution in [3.05, 3.63) is 64.7 Å². The maximum Gasteiger partial charge on any atom is 0.358 e. The SMILES string of the molecule is O=C1Oc2ccccc2C1(F)c1ccc(Cl)cc1. The summed E-state index contributed by atoms with van der Waals surface area (Å²) in [5, 5.41) is 0.488. The topological polar surface area (TPSA) is 26.3 Å². The number of esters is 1. The first-order valence-electron chi connectivity index (χ1n) is 5.39. The van der Waals surface area contributed by atoms with Crippen LogP contribution in [0, 0.1) is 0 Å². The number of para-hydroxylation sites is 1. The van der Waals surface area contributed by atoms with Crippen molar-refractivity contribution in [1.29, 1.82) is 0 Å². The lowest BCUT2D eigenvalue weighted by molar-refractivity contribution is -0.142. The molecule has 1 heterocycles. The molecule has 0 radical (unpaired) electrons. The third-order valence-corrected chi connectivity index (χ3v) is 3.24. The van der Waals surface area contributed by atoms with Crippen molar-refractivity contribution in [2.45, 2.75) is 5.67 Å². The van der Waals surface area contributed by atoms with Crippen molar-refractivity contribution >= 4 is 17.6 Å². The first kappa shape index (κ1) is 11.2. The highest BCUT2D eigenvalue weighted by molar-refractivity contribution is 6.30. The molecule has 0 bridgehead atoms. The fraction of sp³-hybridized carbons (Fsp3) is 0.0714. The van der Waals surface area contributed by atoms with Crippen LogP contribution in [0.4, 0.5) is 4.39 Å². The zero-order valence-electron chi connectivity index (χ0n) is 9.19. The number of rotatable bonds is 1. The summed E-state index contributed by atoms with van der Waals surface area (Å²) in [6.45, 7) is 0. The van der Waals surface area contributed by atoms with Gasteiger partial charge in [0.2, 0.25) is 0 Å². The molecule has 2 aromatic rings. The van der Waals surface area contributed by atoms with Crippen molar-refractivity contribution in [2.75, 3.05) is 0 Å². The van der Waals surface area contributed by atoms with E-state index >= 15 is 4.39 Å². The van der Waals surface area contributed by atoms with E-state index in [1.165, 1.54) is 12.1 Å². The number of fused-ring (bicyclic) bond motifs is 1. The second kappa shape index (κ2) is 3.82. The number of hydrogen-bond donors (Lipinski definition) is 0. The van der Waals surface area contributed by atoms with E-state index in [-0.39, 0.29) is 16.9 Å². The van der Waals surface area contributed by atoms with Crippen LogP contribution in [0.25, 0.3) is 0 Å². The number of benzene rings is 2. The monoisotopic (exact) mass is 262 g/mol. The molecule has 1 aliphatic rings. The van der Waals surface area contributed by atoms with Crippen LogP contribution in [-0.2, 0) is 10.5 Å². The fourth-order valence-electron chi connectivity index (χ4n) is 2.07. The maximum absolute atomic E-state index is 15.0. The molecule has 0 spiro atoms. The van der Waals surface area contributed by atoms with E-state index < -0.39 is 11.6 Å². The Morgan fingerprint density at radius 1 is 1.06 bits per heavy atom. The van der Waals surface area contributed by atoms with Gasteiger partial charge in [0, 0.05) is 16.1 Å². The van der Waals surface area contributed by atoms with Crippen LogP contribution in [0.15, 0.2) is 48.5 Å². The van der Waals surface area contributed by atoms with Crippen molar-refractivity contribution in [2.24, 2.45) is 0 Å². The molecule has 0 aliphatic carbocycles. The molecule has 0 amide bonds. The van der Waals surface area contributed by atoms with Crippen molar-refractivity contribution < 1.29 is 13.9 Å². The van der Waals surface area contributed by atoms with Gasteiger partial charge in [-0.1, -0.05) is 41.9 Å². The molecule has 0 saturated heterocycles. The first-order valence-corrected chi connectivity index (χ1v) is 5.77. The summed E-state index contributed by atoms with van der Waals surface area (Å²) in [5.74, 6) is -0.647. The van der Waals surface area contributed by atoms with Crippen molar-refractivity contribution in [3.63, 3.8) is 0 Å². The van der Waals surface area contributed by atoms with E-state index in [0.29, 0.717) is 5.02 Å². The Bertz CT molecular complexity index is 624. The van der Waals surface area contributed by atoms with Gasteiger partial charge >= 0.3 is 5.97 Å². The van der Waals surface area contributed by atoms with Crippen molar-refractivity contribution in [3.8, 4) is 5.75 Å². The lowest BCUT2D eigenvalue weighted by atomic mass is 9.89. The highest BCUT2D eigenvalue weighted by atomic mass is 35.5. The third kappa shape index (κ3) is 1.44. The quantitative estimate of drug-likeness (QED) is 0.581. The van der Waals surface area contributed by atoms with Crippen LogP contribution in [0.1, 0.15) is 11.1 Å². The average Bonchev–Trinajstić information content (AvgIpc) is 2.64. The van der Waals surface area contributed by atoms with Gasteiger partial charge in [0.05, 0.1) is 0 Å². The number of ether oxygens (including phenoxy) is 1. The van der Waals surface area contributed by atoms with E-state index in [1.807, 2.05) is 0 Å². The van der Waals surface area contributed by atoms with Gasteiger partial charge in [0.25, 0.3) is 5.67 Å². The maximum atomic E-state index is 15.0. The fourth-order valence-corrected chi connectivity index (χ4v) is 2.20. The zero-order chi connectivity index (χ0) is 12.8. The summed E-state index contributed by atoms with van der Waals surface area (Å²) in [6.07, 6.45) is 0. The summed E-state index contributed by atoms with van der Waals surface area (Å²) >= 11 is 5.76. The molecule has 1 unspecified atom stereocenters. The Labute approximate surface area is 108 Å². The number of hydrogen-bond acceptors (Lipinski definition) is 2. The minimum Gasteiger partial charge on any atom is -0.423 e. The smallest absolute Gasteiger partial charge is 0.358 e. The van der Waals surface area contributed by atoms with Crippen LogP contribution in [0.5, 0.6) is 5.75 Å². The second-order valence-electron chi connectivity index (χ2n) is 4.05. The van der Waals surface area contributed by atoms with Gasteiger partial charge in [0.15, 0.2) is 0 Å². The van der Waals surface area contributed by atoms with Crippen LogP contribution in [0.2, 0.25) is 5.02 Å². The van der Waals surface area contributed by atoms with Crippen LogP contribution >= 0.6 is 11.6 Å². The lowest BCUT2D eigenvalue weighted by Crippen LogP contribution is -2.29. The van der Waals surface area contributed by atoms with Crippen LogP contribution in [0.3, 0.4) is 0 Å². The number of carbonyl (C=O) groups excluding carboxylic acids is 1.